The molecule has 0 radical (unpaired) electrons. The fourth-order valence-corrected chi connectivity index (χ4v) is 5.73. The molecule has 1 saturated carbocycles. The molecule has 1 aromatic heterocycles. The van der Waals surface area contributed by atoms with Gasteiger partial charge in [-0.15, -0.1) is 0 Å². The van der Waals surface area contributed by atoms with Crippen LogP contribution in [-0.2, 0) is 12.8 Å². The van der Waals surface area contributed by atoms with Gasteiger partial charge in [0.05, 0.1) is 5.69 Å². The molecule has 3 rings (SSSR count). The summed E-state index contributed by atoms with van der Waals surface area (Å²) in [4.78, 5) is 4.76. The second-order valence-electron chi connectivity index (χ2n) is 11.0. The van der Waals surface area contributed by atoms with E-state index in [0.717, 1.165) is 17.5 Å². The van der Waals surface area contributed by atoms with Crippen molar-refractivity contribution in [3.8, 4) is 11.3 Å². The number of unbranched alkanes of at least 4 members (excludes halogenated alkanes) is 8. The fourth-order valence-electron chi connectivity index (χ4n) is 5.73. The van der Waals surface area contributed by atoms with Crippen LogP contribution in [-0.4, -0.2) is 4.98 Å². The third-order valence-electron chi connectivity index (χ3n) is 8.17. The second-order valence-corrected chi connectivity index (χ2v) is 11.0. The normalized spacial score (nSPS) is 18.3. The summed E-state index contributed by atoms with van der Waals surface area (Å²) in [7, 11) is 0. The van der Waals surface area contributed by atoms with Gasteiger partial charge >= 0.3 is 0 Å². The van der Waals surface area contributed by atoms with Crippen molar-refractivity contribution in [3.63, 3.8) is 0 Å². The maximum absolute atomic E-state index is 4.76. The van der Waals surface area contributed by atoms with Crippen molar-refractivity contribution in [1.29, 1.82) is 0 Å². The SMILES string of the molecule is CCCCCCCCc1ccc(-c2ccc(CCC3CCC(CCCCCC)CC3)cc2)nc1. The zero-order valence-corrected chi connectivity index (χ0v) is 22.4. The summed E-state index contributed by atoms with van der Waals surface area (Å²) in [5.41, 5.74) is 5.23. The van der Waals surface area contributed by atoms with Crippen molar-refractivity contribution in [2.24, 2.45) is 11.8 Å². The summed E-state index contributed by atoms with van der Waals surface area (Å²) in [5, 5.41) is 0. The first-order valence-electron chi connectivity index (χ1n) is 14.8. The fraction of sp³-hybridized carbons (Fsp3) is 0.667. The van der Waals surface area contributed by atoms with Crippen molar-refractivity contribution in [2.45, 2.75) is 129 Å². The first kappa shape index (κ1) is 27.0. The van der Waals surface area contributed by atoms with Crippen LogP contribution in [0, 0.1) is 11.8 Å². The number of pyridine rings is 1. The Hall–Kier alpha value is -1.63. The Labute approximate surface area is 211 Å². The van der Waals surface area contributed by atoms with Crippen LogP contribution in [0.3, 0.4) is 0 Å². The Morgan fingerprint density at radius 2 is 1.18 bits per heavy atom. The van der Waals surface area contributed by atoms with Gasteiger partial charge < -0.3 is 0 Å². The minimum atomic E-state index is 0.951. The molecule has 0 aliphatic heterocycles. The van der Waals surface area contributed by atoms with Gasteiger partial charge in [0.25, 0.3) is 0 Å². The lowest BCUT2D eigenvalue weighted by atomic mass is 9.77. The molecule has 34 heavy (non-hydrogen) atoms. The monoisotopic (exact) mass is 461 g/mol. The lowest BCUT2D eigenvalue weighted by Crippen LogP contribution is -2.15. The van der Waals surface area contributed by atoms with E-state index in [0.29, 0.717) is 0 Å². The van der Waals surface area contributed by atoms with Crippen LogP contribution in [0.4, 0.5) is 0 Å². The van der Waals surface area contributed by atoms with Gasteiger partial charge in [0.15, 0.2) is 0 Å². The zero-order chi connectivity index (χ0) is 23.8. The van der Waals surface area contributed by atoms with E-state index in [1.54, 1.807) is 0 Å². The Balaban J connectivity index is 1.34. The van der Waals surface area contributed by atoms with E-state index in [1.807, 2.05) is 0 Å². The minimum Gasteiger partial charge on any atom is -0.256 e. The molecule has 0 spiro atoms. The van der Waals surface area contributed by atoms with Crippen molar-refractivity contribution < 1.29 is 0 Å². The molecule has 0 N–H and O–H groups in total. The van der Waals surface area contributed by atoms with Gasteiger partial charge in [-0.2, -0.15) is 0 Å². The molecule has 0 saturated heterocycles. The van der Waals surface area contributed by atoms with Gasteiger partial charge in [0.2, 0.25) is 0 Å². The van der Waals surface area contributed by atoms with E-state index in [9.17, 15) is 0 Å². The maximum Gasteiger partial charge on any atom is 0.0702 e. The van der Waals surface area contributed by atoms with E-state index in [-0.39, 0.29) is 0 Å². The standard InChI is InChI=1S/C33H51N/c1-3-5-7-9-10-12-14-31-23-26-33(34-27-31)32-24-21-30(22-25-32)20-19-29-17-15-28(16-18-29)13-11-8-6-4-2/h21-29H,3-20H2,1-2H3. The molecule has 0 bridgehead atoms. The minimum absolute atomic E-state index is 0.951. The first-order chi connectivity index (χ1) is 16.8. The van der Waals surface area contributed by atoms with Crippen LogP contribution in [0.15, 0.2) is 42.6 Å². The van der Waals surface area contributed by atoms with Gasteiger partial charge in [-0.1, -0.05) is 134 Å². The summed E-state index contributed by atoms with van der Waals surface area (Å²) in [6.07, 6.45) is 27.1. The Morgan fingerprint density at radius 3 is 1.82 bits per heavy atom. The van der Waals surface area contributed by atoms with E-state index in [2.05, 4.69) is 56.4 Å². The Bertz CT molecular complexity index is 752. The molecule has 1 fully saturated rings. The van der Waals surface area contributed by atoms with Crippen molar-refractivity contribution in [2.75, 3.05) is 0 Å². The first-order valence-corrected chi connectivity index (χ1v) is 14.8. The molecule has 1 aliphatic carbocycles. The summed E-state index contributed by atoms with van der Waals surface area (Å²) < 4.78 is 0. The molecule has 1 nitrogen and oxygen atoms in total. The highest BCUT2D eigenvalue weighted by atomic mass is 14.7. The van der Waals surface area contributed by atoms with E-state index >= 15 is 0 Å². The average Bonchev–Trinajstić information content (AvgIpc) is 2.89. The van der Waals surface area contributed by atoms with Gasteiger partial charge in [-0.3, -0.25) is 4.98 Å². The lowest BCUT2D eigenvalue weighted by Gasteiger charge is -2.28. The van der Waals surface area contributed by atoms with Crippen LogP contribution in [0.1, 0.15) is 128 Å². The number of hydrogen-bond donors (Lipinski definition) is 0. The number of nitrogens with zero attached hydrogens (tertiary/aromatic N) is 1. The van der Waals surface area contributed by atoms with Gasteiger partial charge in [-0.25, -0.2) is 0 Å². The smallest absolute Gasteiger partial charge is 0.0702 e. The van der Waals surface area contributed by atoms with Gasteiger partial charge in [0.1, 0.15) is 0 Å². The topological polar surface area (TPSA) is 12.9 Å². The second kappa shape index (κ2) is 16.1. The lowest BCUT2D eigenvalue weighted by molar-refractivity contribution is 0.249. The molecule has 188 valence electrons. The third-order valence-corrected chi connectivity index (χ3v) is 8.17. The predicted molar refractivity (Wildman–Crippen MR) is 149 cm³/mol. The summed E-state index contributed by atoms with van der Waals surface area (Å²) >= 11 is 0. The number of rotatable bonds is 16. The molecule has 1 heterocycles. The van der Waals surface area contributed by atoms with Crippen LogP contribution in [0.25, 0.3) is 11.3 Å². The molecule has 0 amide bonds. The summed E-state index contributed by atoms with van der Waals surface area (Å²) in [6.45, 7) is 4.59. The highest BCUT2D eigenvalue weighted by molar-refractivity contribution is 5.59. The van der Waals surface area contributed by atoms with Gasteiger partial charge in [-0.05, 0) is 54.7 Å². The Kier molecular flexibility index (Phi) is 12.8. The number of hydrogen-bond acceptors (Lipinski definition) is 1. The highest BCUT2D eigenvalue weighted by Crippen LogP contribution is 2.34. The van der Waals surface area contributed by atoms with Crippen molar-refractivity contribution in [1.82, 2.24) is 4.98 Å². The largest absolute Gasteiger partial charge is 0.256 e. The molecular weight excluding hydrogens is 410 g/mol. The van der Waals surface area contributed by atoms with Crippen LogP contribution < -0.4 is 0 Å². The van der Waals surface area contributed by atoms with E-state index in [4.69, 9.17) is 4.98 Å². The quantitative estimate of drug-likeness (QED) is 0.226. The van der Waals surface area contributed by atoms with Crippen LogP contribution in [0.5, 0.6) is 0 Å². The zero-order valence-electron chi connectivity index (χ0n) is 22.4. The number of aryl methyl sites for hydroxylation is 2. The van der Waals surface area contributed by atoms with E-state index in [1.165, 1.54) is 132 Å². The maximum atomic E-state index is 4.76. The van der Waals surface area contributed by atoms with Crippen molar-refractivity contribution in [3.05, 3.63) is 53.7 Å². The summed E-state index contributed by atoms with van der Waals surface area (Å²) in [6, 6.07) is 13.7. The number of benzene rings is 1. The van der Waals surface area contributed by atoms with E-state index < -0.39 is 0 Å². The van der Waals surface area contributed by atoms with Crippen LogP contribution in [0.2, 0.25) is 0 Å². The third kappa shape index (κ3) is 9.93. The average molecular weight is 462 g/mol. The Morgan fingerprint density at radius 1 is 0.588 bits per heavy atom. The predicted octanol–water partition coefficient (Wildman–Crippen LogP) is 10.4. The molecule has 1 aromatic carbocycles. The van der Waals surface area contributed by atoms with Crippen LogP contribution >= 0.6 is 0 Å². The molecule has 0 unspecified atom stereocenters. The highest BCUT2D eigenvalue weighted by Gasteiger charge is 2.20. The summed E-state index contributed by atoms with van der Waals surface area (Å²) in [5.74, 6) is 1.98. The molecule has 0 atom stereocenters. The molecule has 1 heteroatoms. The molecule has 2 aromatic rings. The van der Waals surface area contributed by atoms with Crippen molar-refractivity contribution >= 4 is 0 Å². The molecule has 1 aliphatic rings. The van der Waals surface area contributed by atoms with Gasteiger partial charge in [0, 0.05) is 11.8 Å². The molecular formula is C33H51N. The number of aromatic nitrogens is 1.